The smallest absolute Gasteiger partial charge is 0.251 e. The molecule has 0 atom stereocenters. The molecule has 9 heteroatoms. The summed E-state index contributed by atoms with van der Waals surface area (Å²) in [4.78, 5) is 22.1. The molecule has 0 saturated carbocycles. The molecule has 0 unspecified atom stereocenters. The Labute approximate surface area is 170 Å². The van der Waals surface area contributed by atoms with Gasteiger partial charge in [-0.05, 0) is 35.7 Å². The van der Waals surface area contributed by atoms with Gasteiger partial charge in [-0.2, -0.15) is 5.10 Å². The summed E-state index contributed by atoms with van der Waals surface area (Å²) in [7, 11) is 0. The van der Waals surface area contributed by atoms with Crippen molar-refractivity contribution in [2.75, 3.05) is 11.9 Å². The summed E-state index contributed by atoms with van der Waals surface area (Å²) in [5.74, 6) is 0.593. The van der Waals surface area contributed by atoms with Crippen LogP contribution in [0.15, 0.2) is 54.3 Å². The van der Waals surface area contributed by atoms with E-state index >= 15 is 0 Å². The number of nitrogens with one attached hydrogen (secondary N) is 2. The Morgan fingerprint density at radius 3 is 2.82 bits per heavy atom. The van der Waals surface area contributed by atoms with Crippen LogP contribution in [-0.4, -0.2) is 32.2 Å². The first-order valence-electron chi connectivity index (χ1n) is 8.67. The monoisotopic (exact) mass is 412 g/mol. The largest absolute Gasteiger partial charge is 0.364 e. The van der Waals surface area contributed by atoms with Crippen molar-refractivity contribution in [3.63, 3.8) is 0 Å². The summed E-state index contributed by atoms with van der Waals surface area (Å²) in [5, 5.41) is 14.1. The molecule has 142 valence electrons. The molecule has 7 nitrogen and oxygen atoms in total. The highest BCUT2D eigenvalue weighted by molar-refractivity contribution is 7.09. The molecular weight excluding hydrogens is 396 g/mol. The van der Waals surface area contributed by atoms with Gasteiger partial charge < -0.3 is 10.6 Å². The zero-order chi connectivity index (χ0) is 19.3. The number of nitrogens with zero attached hydrogens (tertiary/aromatic N) is 4. The lowest BCUT2D eigenvalue weighted by Crippen LogP contribution is -2.27. The highest BCUT2D eigenvalue weighted by atomic mass is 35.5. The Kier molecular flexibility index (Phi) is 5.50. The van der Waals surface area contributed by atoms with Crippen molar-refractivity contribution in [1.82, 2.24) is 25.1 Å². The molecule has 4 aromatic rings. The number of hydrogen-bond donors (Lipinski definition) is 2. The van der Waals surface area contributed by atoms with E-state index in [4.69, 9.17) is 11.6 Å². The first-order chi connectivity index (χ1) is 13.7. The van der Waals surface area contributed by atoms with E-state index in [-0.39, 0.29) is 5.91 Å². The number of fused-ring (bicyclic) bond motifs is 1. The number of carbonyl (C=O) groups excluding carboxylic acids is 1. The third-order valence-corrected chi connectivity index (χ3v) is 5.29. The molecule has 0 saturated heterocycles. The Bertz CT molecular complexity index is 1080. The lowest BCUT2D eigenvalue weighted by Gasteiger charge is -2.07. The second-order valence-electron chi connectivity index (χ2n) is 6.02. The zero-order valence-electron chi connectivity index (χ0n) is 14.8. The van der Waals surface area contributed by atoms with Gasteiger partial charge in [0.15, 0.2) is 5.65 Å². The number of hydrogen-bond acceptors (Lipinski definition) is 6. The molecule has 3 aromatic heterocycles. The van der Waals surface area contributed by atoms with Crippen molar-refractivity contribution in [2.24, 2.45) is 0 Å². The van der Waals surface area contributed by atoms with E-state index in [0.29, 0.717) is 30.2 Å². The van der Waals surface area contributed by atoms with Crippen molar-refractivity contribution in [1.29, 1.82) is 0 Å². The molecule has 0 aliphatic rings. The topological polar surface area (TPSA) is 84.7 Å². The minimum atomic E-state index is -0.152. The van der Waals surface area contributed by atoms with E-state index in [0.717, 1.165) is 16.9 Å². The third kappa shape index (κ3) is 4.13. The predicted molar refractivity (Wildman–Crippen MR) is 111 cm³/mol. The summed E-state index contributed by atoms with van der Waals surface area (Å²) >= 11 is 7.54. The molecule has 0 aliphatic heterocycles. The number of thiophene rings is 1. The van der Waals surface area contributed by atoms with Crippen molar-refractivity contribution in [2.45, 2.75) is 13.1 Å². The Morgan fingerprint density at radius 2 is 2.04 bits per heavy atom. The molecule has 28 heavy (non-hydrogen) atoms. The van der Waals surface area contributed by atoms with Crippen molar-refractivity contribution < 1.29 is 4.79 Å². The van der Waals surface area contributed by atoms with Gasteiger partial charge in [-0.1, -0.05) is 17.7 Å². The molecule has 0 bridgehead atoms. The van der Waals surface area contributed by atoms with Crippen molar-refractivity contribution in [3.8, 4) is 0 Å². The summed E-state index contributed by atoms with van der Waals surface area (Å²) in [6, 6.07) is 10.9. The normalized spacial score (nSPS) is 10.9. The van der Waals surface area contributed by atoms with Crippen LogP contribution < -0.4 is 10.6 Å². The fraction of sp³-hybridized carbons (Fsp3) is 0.158. The van der Waals surface area contributed by atoms with E-state index in [1.807, 2.05) is 11.4 Å². The minimum Gasteiger partial charge on any atom is -0.364 e. The number of amides is 1. The molecule has 4 rings (SSSR count). The summed E-state index contributed by atoms with van der Waals surface area (Å²) in [6.45, 7) is 1.64. The van der Waals surface area contributed by atoms with Gasteiger partial charge in [0, 0.05) is 22.0 Å². The van der Waals surface area contributed by atoms with Crippen LogP contribution in [0.3, 0.4) is 0 Å². The molecule has 3 heterocycles. The van der Waals surface area contributed by atoms with Crippen LogP contribution in [0.2, 0.25) is 5.02 Å². The van der Waals surface area contributed by atoms with Gasteiger partial charge in [0.2, 0.25) is 0 Å². The fourth-order valence-corrected chi connectivity index (χ4v) is 3.53. The third-order valence-electron chi connectivity index (χ3n) is 4.16. The maximum absolute atomic E-state index is 12.2. The average Bonchev–Trinajstić information content (AvgIpc) is 3.37. The molecular formula is C19H17ClN6OS. The van der Waals surface area contributed by atoms with E-state index in [1.165, 1.54) is 11.2 Å². The second kappa shape index (κ2) is 8.37. The van der Waals surface area contributed by atoms with Crippen LogP contribution >= 0.6 is 22.9 Å². The highest BCUT2D eigenvalue weighted by Crippen LogP contribution is 2.20. The number of carbonyl (C=O) groups is 1. The van der Waals surface area contributed by atoms with Crippen LogP contribution in [0.4, 0.5) is 5.82 Å². The fourth-order valence-electron chi connectivity index (χ4n) is 2.76. The summed E-state index contributed by atoms with van der Waals surface area (Å²) < 4.78 is 1.76. The van der Waals surface area contributed by atoms with Crippen molar-refractivity contribution >= 4 is 45.7 Å². The Hall–Kier alpha value is -2.97. The predicted octanol–water partition coefficient (Wildman–Crippen LogP) is 3.58. The van der Waals surface area contributed by atoms with E-state index in [9.17, 15) is 4.79 Å². The van der Waals surface area contributed by atoms with Crippen LogP contribution in [-0.2, 0) is 13.1 Å². The van der Waals surface area contributed by atoms with Gasteiger partial charge in [-0.25, -0.2) is 14.6 Å². The highest BCUT2D eigenvalue weighted by Gasteiger charge is 2.10. The van der Waals surface area contributed by atoms with Crippen LogP contribution in [0.25, 0.3) is 11.0 Å². The van der Waals surface area contributed by atoms with Crippen LogP contribution in [0.1, 0.15) is 15.2 Å². The molecule has 0 radical (unpaired) electrons. The quantitative estimate of drug-likeness (QED) is 0.484. The molecule has 0 aliphatic carbocycles. The maximum Gasteiger partial charge on any atom is 0.251 e. The van der Waals surface area contributed by atoms with Gasteiger partial charge in [0.1, 0.15) is 12.1 Å². The maximum atomic E-state index is 12.2. The van der Waals surface area contributed by atoms with Gasteiger partial charge in [-0.3, -0.25) is 4.79 Å². The van der Waals surface area contributed by atoms with E-state index in [1.54, 1.807) is 46.5 Å². The molecule has 1 aromatic carbocycles. The average molecular weight is 413 g/mol. The van der Waals surface area contributed by atoms with Gasteiger partial charge in [0.25, 0.3) is 5.91 Å². The van der Waals surface area contributed by atoms with E-state index < -0.39 is 0 Å². The van der Waals surface area contributed by atoms with Gasteiger partial charge >= 0.3 is 0 Å². The molecule has 0 fully saturated rings. The van der Waals surface area contributed by atoms with Crippen LogP contribution in [0, 0.1) is 0 Å². The molecule has 0 spiro atoms. The summed E-state index contributed by atoms with van der Waals surface area (Å²) in [6.07, 6.45) is 3.26. The number of halogens is 1. The van der Waals surface area contributed by atoms with E-state index in [2.05, 4.69) is 31.8 Å². The number of aromatic nitrogens is 4. The number of rotatable bonds is 7. The second-order valence-corrected chi connectivity index (χ2v) is 7.49. The van der Waals surface area contributed by atoms with Gasteiger partial charge in [0.05, 0.1) is 24.7 Å². The Balaban J connectivity index is 1.39. The summed E-state index contributed by atoms with van der Waals surface area (Å²) in [5.41, 5.74) is 1.29. The van der Waals surface area contributed by atoms with Crippen LogP contribution in [0.5, 0.6) is 0 Å². The Morgan fingerprint density at radius 1 is 1.18 bits per heavy atom. The molecule has 2 N–H and O–H groups in total. The minimum absolute atomic E-state index is 0.152. The standard InChI is InChI=1S/C19H17ClN6OS/c20-14-5-3-13(4-6-14)19(27)21-7-8-26-18-16(11-25-26)17(23-12-24-18)22-10-15-2-1-9-28-15/h1-6,9,11-12H,7-8,10H2,(H,21,27)(H,22,23,24). The first kappa shape index (κ1) is 18.4. The molecule has 1 amide bonds. The van der Waals surface area contributed by atoms with Crippen molar-refractivity contribution in [3.05, 3.63) is 69.8 Å². The number of anilines is 1. The van der Waals surface area contributed by atoms with Gasteiger partial charge in [-0.15, -0.1) is 11.3 Å². The lowest BCUT2D eigenvalue weighted by molar-refractivity contribution is 0.0952. The lowest BCUT2D eigenvalue weighted by atomic mass is 10.2. The first-order valence-corrected chi connectivity index (χ1v) is 9.93. The SMILES string of the molecule is O=C(NCCn1ncc2c(NCc3cccs3)ncnc21)c1ccc(Cl)cc1. The zero-order valence-corrected chi connectivity index (χ0v) is 16.4. The number of benzene rings is 1.